The summed E-state index contributed by atoms with van der Waals surface area (Å²) in [6.07, 6.45) is 3.15. The largest absolute Gasteiger partial charge is 0.288 e. The minimum Gasteiger partial charge on any atom is -0.288 e. The van der Waals surface area contributed by atoms with Gasteiger partial charge >= 0.3 is 0 Å². The third-order valence-electron chi connectivity index (χ3n) is 3.75. The van der Waals surface area contributed by atoms with E-state index >= 15 is 0 Å². The van der Waals surface area contributed by atoms with Gasteiger partial charge < -0.3 is 0 Å². The van der Waals surface area contributed by atoms with E-state index in [2.05, 4.69) is 4.98 Å². The van der Waals surface area contributed by atoms with Crippen molar-refractivity contribution < 1.29 is 4.79 Å². The van der Waals surface area contributed by atoms with Gasteiger partial charge in [0.1, 0.15) is 0 Å². The van der Waals surface area contributed by atoms with E-state index in [0.717, 1.165) is 5.56 Å². The molecule has 2 aromatic heterocycles. The molecule has 116 valence electrons. The second kappa shape index (κ2) is 5.86. The zero-order chi connectivity index (χ0) is 16.5. The van der Waals surface area contributed by atoms with Crippen molar-refractivity contribution in [1.82, 2.24) is 9.38 Å². The Hall–Kier alpha value is -3.05. The van der Waals surface area contributed by atoms with Gasteiger partial charge in [-0.2, -0.15) is 0 Å². The molecule has 0 radical (unpaired) electrons. The van der Waals surface area contributed by atoms with Gasteiger partial charge in [0.2, 0.25) is 5.78 Å². The summed E-state index contributed by atoms with van der Waals surface area (Å²) >= 11 is 1.22. The van der Waals surface area contributed by atoms with Gasteiger partial charge in [-0.3, -0.25) is 14.0 Å². The monoisotopic (exact) mass is 332 g/mol. The lowest BCUT2D eigenvalue weighted by Crippen LogP contribution is -2.14. The number of nitrogens with zero attached hydrogens (tertiary/aromatic N) is 2. The smallest absolute Gasteiger partial charge is 0.266 e. The molecule has 4 rings (SSSR count). The molecule has 0 spiro atoms. The fraction of sp³-hybridized carbons (Fsp3) is 0. The Kier molecular flexibility index (Phi) is 3.55. The number of aromatic nitrogens is 2. The quantitative estimate of drug-likeness (QED) is 0.538. The van der Waals surface area contributed by atoms with Crippen LogP contribution >= 0.6 is 11.3 Å². The van der Waals surface area contributed by atoms with Gasteiger partial charge in [0, 0.05) is 18.0 Å². The summed E-state index contributed by atoms with van der Waals surface area (Å²) in [6.45, 7) is 0. The SMILES string of the molecule is O=C(c1ccccc1)c1cn2c(=O)c(-c3ccccc3)cnc2s1. The summed E-state index contributed by atoms with van der Waals surface area (Å²) in [6, 6.07) is 18.4. The molecule has 2 heterocycles. The fourth-order valence-electron chi connectivity index (χ4n) is 2.54. The van der Waals surface area contributed by atoms with Crippen LogP contribution in [0, 0.1) is 0 Å². The molecule has 24 heavy (non-hydrogen) atoms. The van der Waals surface area contributed by atoms with Crippen molar-refractivity contribution in [2.24, 2.45) is 0 Å². The number of carbonyl (C=O) groups excluding carboxylic acids is 1. The molecule has 0 aliphatic heterocycles. The third-order valence-corrected chi connectivity index (χ3v) is 4.75. The van der Waals surface area contributed by atoms with Crippen LogP contribution in [0.3, 0.4) is 0 Å². The Morgan fingerprint density at radius 3 is 2.33 bits per heavy atom. The standard InChI is InChI=1S/C19H12N2O2S/c22-17(14-9-5-2-6-10-14)16-12-21-18(23)15(11-20-19(21)24-16)13-7-3-1-4-8-13/h1-12H. The molecule has 5 heteroatoms. The Balaban J connectivity index is 1.84. The lowest BCUT2D eigenvalue weighted by atomic mass is 10.1. The van der Waals surface area contributed by atoms with Crippen LogP contribution in [-0.2, 0) is 0 Å². The summed E-state index contributed by atoms with van der Waals surface area (Å²) in [4.78, 5) is 30.6. The van der Waals surface area contributed by atoms with Crippen LogP contribution < -0.4 is 5.56 Å². The average molecular weight is 332 g/mol. The van der Waals surface area contributed by atoms with Gasteiger partial charge in [0.25, 0.3) is 5.56 Å². The summed E-state index contributed by atoms with van der Waals surface area (Å²) < 4.78 is 1.45. The van der Waals surface area contributed by atoms with Crippen LogP contribution in [0.1, 0.15) is 15.2 Å². The molecule has 4 aromatic rings. The maximum absolute atomic E-state index is 12.7. The predicted molar refractivity (Wildman–Crippen MR) is 94.6 cm³/mol. The van der Waals surface area contributed by atoms with Gasteiger partial charge in [-0.1, -0.05) is 72.0 Å². The Morgan fingerprint density at radius 2 is 1.62 bits per heavy atom. The van der Waals surface area contributed by atoms with Crippen LogP contribution in [0.25, 0.3) is 16.1 Å². The minimum atomic E-state index is -0.172. The lowest BCUT2D eigenvalue weighted by Gasteiger charge is -2.00. The number of hydrogen-bond donors (Lipinski definition) is 0. The van der Waals surface area contributed by atoms with Crippen LogP contribution in [0.4, 0.5) is 0 Å². The number of benzene rings is 2. The summed E-state index contributed by atoms with van der Waals surface area (Å²) in [5.41, 5.74) is 1.76. The molecule has 0 saturated heterocycles. The van der Waals surface area contributed by atoms with Gasteiger partial charge in [-0.15, -0.1) is 0 Å². The number of carbonyl (C=O) groups is 1. The van der Waals surface area contributed by atoms with E-state index in [1.807, 2.05) is 48.5 Å². The van der Waals surface area contributed by atoms with Gasteiger partial charge in [-0.05, 0) is 5.56 Å². The van der Waals surface area contributed by atoms with Crippen LogP contribution in [0.5, 0.6) is 0 Å². The predicted octanol–water partition coefficient (Wildman–Crippen LogP) is 3.65. The van der Waals surface area contributed by atoms with Crippen LogP contribution in [0.15, 0.2) is 77.9 Å². The normalized spacial score (nSPS) is 10.8. The Bertz CT molecular complexity index is 1080. The fourth-order valence-corrected chi connectivity index (χ4v) is 3.44. The molecule has 0 bridgehead atoms. The minimum absolute atomic E-state index is 0.105. The first-order valence-corrected chi connectivity index (χ1v) is 8.22. The van der Waals surface area contributed by atoms with E-state index in [4.69, 9.17) is 0 Å². The molecule has 4 nitrogen and oxygen atoms in total. The molecule has 0 aliphatic rings. The molecule has 0 amide bonds. The molecule has 0 N–H and O–H groups in total. The third kappa shape index (κ3) is 2.45. The Morgan fingerprint density at radius 1 is 0.958 bits per heavy atom. The second-order valence-corrected chi connectivity index (χ2v) is 6.30. The van der Waals surface area contributed by atoms with Crippen molar-refractivity contribution in [2.75, 3.05) is 0 Å². The van der Waals surface area contributed by atoms with Gasteiger partial charge in [-0.25, -0.2) is 4.98 Å². The lowest BCUT2D eigenvalue weighted by molar-refractivity contribution is 0.104. The molecule has 0 unspecified atom stereocenters. The highest BCUT2D eigenvalue weighted by molar-refractivity contribution is 7.19. The number of fused-ring (bicyclic) bond motifs is 1. The Labute approximate surface area is 141 Å². The first-order valence-electron chi connectivity index (χ1n) is 7.40. The van der Waals surface area contributed by atoms with E-state index in [0.29, 0.717) is 21.0 Å². The molecule has 0 aliphatic carbocycles. The van der Waals surface area contributed by atoms with E-state index in [1.54, 1.807) is 24.5 Å². The maximum atomic E-state index is 12.7. The molecular weight excluding hydrogens is 320 g/mol. The van der Waals surface area contributed by atoms with E-state index in [9.17, 15) is 9.59 Å². The summed E-state index contributed by atoms with van der Waals surface area (Å²) in [5, 5.41) is 0. The number of hydrogen-bond acceptors (Lipinski definition) is 4. The van der Waals surface area contributed by atoms with Crippen molar-refractivity contribution in [3.8, 4) is 11.1 Å². The first-order chi connectivity index (χ1) is 11.7. The van der Waals surface area contributed by atoms with E-state index < -0.39 is 0 Å². The molecular formula is C19H12N2O2S. The highest BCUT2D eigenvalue weighted by Gasteiger charge is 2.15. The van der Waals surface area contributed by atoms with E-state index in [-0.39, 0.29) is 11.3 Å². The maximum Gasteiger partial charge on any atom is 0.266 e. The summed E-state index contributed by atoms with van der Waals surface area (Å²) in [5.74, 6) is -0.105. The van der Waals surface area contributed by atoms with Crippen molar-refractivity contribution >= 4 is 22.1 Å². The second-order valence-electron chi connectivity index (χ2n) is 5.29. The number of rotatable bonds is 3. The summed E-state index contributed by atoms with van der Waals surface area (Å²) in [7, 11) is 0. The zero-order valence-electron chi connectivity index (χ0n) is 12.5. The highest BCUT2D eigenvalue weighted by Crippen LogP contribution is 2.21. The van der Waals surface area contributed by atoms with Gasteiger partial charge in [0.05, 0.1) is 10.4 Å². The molecule has 0 saturated carbocycles. The molecule has 0 fully saturated rings. The molecule has 0 atom stereocenters. The van der Waals surface area contributed by atoms with Crippen molar-refractivity contribution in [3.63, 3.8) is 0 Å². The van der Waals surface area contributed by atoms with Crippen LogP contribution in [0.2, 0.25) is 0 Å². The molecule has 2 aromatic carbocycles. The zero-order valence-corrected chi connectivity index (χ0v) is 13.4. The van der Waals surface area contributed by atoms with Crippen molar-refractivity contribution in [3.05, 3.63) is 93.9 Å². The van der Waals surface area contributed by atoms with Crippen molar-refractivity contribution in [2.45, 2.75) is 0 Å². The highest BCUT2D eigenvalue weighted by atomic mass is 32.1. The first kappa shape index (κ1) is 14.5. The van der Waals surface area contributed by atoms with Gasteiger partial charge in [0.15, 0.2) is 4.96 Å². The number of ketones is 1. The average Bonchev–Trinajstić information content (AvgIpc) is 3.08. The topological polar surface area (TPSA) is 51.4 Å². The van der Waals surface area contributed by atoms with Crippen molar-refractivity contribution in [1.29, 1.82) is 0 Å². The van der Waals surface area contributed by atoms with E-state index in [1.165, 1.54) is 15.7 Å². The number of thiazole rings is 1. The van der Waals surface area contributed by atoms with Crippen LogP contribution in [-0.4, -0.2) is 15.2 Å².